The van der Waals surface area contributed by atoms with Gasteiger partial charge in [-0.2, -0.15) is 0 Å². The molecule has 1 aliphatic heterocycles. The standard InChI is InChI=1S/C12H16O6/c1-7(2)9(13)18-12(5-6-16-10(12)14)11(15)17-8(3)4/h8H,1,5-6H2,2-4H3. The van der Waals surface area contributed by atoms with Crippen LogP contribution in [0, 0.1) is 0 Å². The molecule has 1 saturated heterocycles. The van der Waals surface area contributed by atoms with Crippen molar-refractivity contribution in [1.29, 1.82) is 0 Å². The zero-order valence-corrected chi connectivity index (χ0v) is 10.6. The van der Waals surface area contributed by atoms with Gasteiger partial charge >= 0.3 is 23.5 Å². The molecule has 0 aromatic heterocycles. The predicted molar refractivity (Wildman–Crippen MR) is 60.4 cm³/mol. The fourth-order valence-corrected chi connectivity index (χ4v) is 1.38. The van der Waals surface area contributed by atoms with Crippen LogP contribution in [-0.2, 0) is 28.6 Å². The largest absolute Gasteiger partial charge is 0.462 e. The molecule has 6 heteroatoms. The number of hydrogen-bond acceptors (Lipinski definition) is 6. The van der Waals surface area contributed by atoms with Crippen LogP contribution in [0.3, 0.4) is 0 Å². The molecule has 0 bridgehead atoms. The van der Waals surface area contributed by atoms with Crippen molar-refractivity contribution in [3.63, 3.8) is 0 Å². The van der Waals surface area contributed by atoms with Gasteiger partial charge in [0.05, 0.1) is 12.7 Å². The molecule has 1 unspecified atom stereocenters. The molecule has 1 aliphatic rings. The van der Waals surface area contributed by atoms with E-state index in [1.807, 2.05) is 0 Å². The van der Waals surface area contributed by atoms with Crippen molar-refractivity contribution in [2.24, 2.45) is 0 Å². The van der Waals surface area contributed by atoms with Crippen molar-refractivity contribution in [1.82, 2.24) is 0 Å². The molecule has 1 fully saturated rings. The third kappa shape index (κ3) is 2.69. The van der Waals surface area contributed by atoms with Crippen LogP contribution in [-0.4, -0.2) is 36.2 Å². The molecule has 1 heterocycles. The maximum Gasteiger partial charge on any atom is 0.363 e. The van der Waals surface area contributed by atoms with Gasteiger partial charge in [-0.15, -0.1) is 0 Å². The van der Waals surface area contributed by atoms with Crippen LogP contribution in [0.5, 0.6) is 0 Å². The monoisotopic (exact) mass is 256 g/mol. The number of carbonyl (C=O) groups is 3. The number of rotatable bonds is 4. The van der Waals surface area contributed by atoms with E-state index >= 15 is 0 Å². The van der Waals surface area contributed by atoms with Crippen LogP contribution in [0.1, 0.15) is 27.2 Å². The van der Waals surface area contributed by atoms with Gasteiger partial charge in [-0.25, -0.2) is 14.4 Å². The summed E-state index contributed by atoms with van der Waals surface area (Å²) in [6.07, 6.45) is -0.470. The Morgan fingerprint density at radius 1 is 1.44 bits per heavy atom. The highest BCUT2D eigenvalue weighted by molar-refractivity contribution is 6.07. The van der Waals surface area contributed by atoms with Gasteiger partial charge in [0.25, 0.3) is 0 Å². The van der Waals surface area contributed by atoms with Gasteiger partial charge in [-0.3, -0.25) is 0 Å². The molecule has 0 aliphatic carbocycles. The van der Waals surface area contributed by atoms with Crippen molar-refractivity contribution in [2.45, 2.75) is 38.9 Å². The lowest BCUT2D eigenvalue weighted by Crippen LogP contribution is -2.49. The molecule has 0 aromatic carbocycles. The van der Waals surface area contributed by atoms with Crippen molar-refractivity contribution < 1.29 is 28.6 Å². The summed E-state index contributed by atoms with van der Waals surface area (Å²) in [6, 6.07) is 0. The fraction of sp³-hybridized carbons (Fsp3) is 0.583. The molecule has 0 aromatic rings. The van der Waals surface area contributed by atoms with E-state index < -0.39 is 29.6 Å². The Kier molecular flexibility index (Phi) is 4.11. The molecule has 0 N–H and O–H groups in total. The van der Waals surface area contributed by atoms with Gasteiger partial charge in [-0.05, 0) is 20.8 Å². The Morgan fingerprint density at radius 2 is 2.06 bits per heavy atom. The second-order valence-electron chi connectivity index (χ2n) is 4.34. The fourth-order valence-electron chi connectivity index (χ4n) is 1.38. The molecule has 1 atom stereocenters. The summed E-state index contributed by atoms with van der Waals surface area (Å²) in [5.41, 5.74) is -1.90. The van der Waals surface area contributed by atoms with Gasteiger partial charge in [0.2, 0.25) is 0 Å². The van der Waals surface area contributed by atoms with Crippen molar-refractivity contribution in [2.75, 3.05) is 6.61 Å². The highest BCUT2D eigenvalue weighted by Crippen LogP contribution is 2.28. The molecule has 0 saturated carbocycles. The number of cyclic esters (lactones) is 1. The Labute approximate surface area is 105 Å². The Bertz CT molecular complexity index is 397. The summed E-state index contributed by atoms with van der Waals surface area (Å²) in [5, 5.41) is 0. The molecule has 100 valence electrons. The van der Waals surface area contributed by atoms with Crippen LogP contribution in [0.15, 0.2) is 12.2 Å². The summed E-state index contributed by atoms with van der Waals surface area (Å²) in [7, 11) is 0. The SMILES string of the molecule is C=C(C)C(=O)OC1(C(=O)OC(C)C)CCOC1=O. The van der Waals surface area contributed by atoms with E-state index in [2.05, 4.69) is 6.58 Å². The zero-order chi connectivity index (χ0) is 13.9. The molecule has 0 radical (unpaired) electrons. The van der Waals surface area contributed by atoms with Crippen LogP contribution in [0.25, 0.3) is 0 Å². The van der Waals surface area contributed by atoms with E-state index in [4.69, 9.17) is 14.2 Å². The number of carbonyl (C=O) groups excluding carboxylic acids is 3. The number of hydrogen-bond donors (Lipinski definition) is 0. The lowest BCUT2D eigenvalue weighted by Gasteiger charge is -2.23. The van der Waals surface area contributed by atoms with E-state index in [1.54, 1.807) is 13.8 Å². The van der Waals surface area contributed by atoms with Gasteiger partial charge < -0.3 is 14.2 Å². The van der Waals surface area contributed by atoms with Gasteiger partial charge in [0.15, 0.2) is 0 Å². The first kappa shape index (κ1) is 14.2. The zero-order valence-electron chi connectivity index (χ0n) is 10.6. The van der Waals surface area contributed by atoms with Crippen LogP contribution in [0.2, 0.25) is 0 Å². The lowest BCUT2D eigenvalue weighted by molar-refractivity contribution is -0.188. The van der Waals surface area contributed by atoms with Crippen LogP contribution >= 0.6 is 0 Å². The average Bonchev–Trinajstić information content (AvgIpc) is 2.60. The van der Waals surface area contributed by atoms with Crippen molar-refractivity contribution in [3.05, 3.63) is 12.2 Å². The Morgan fingerprint density at radius 3 is 2.44 bits per heavy atom. The molecule has 1 rings (SSSR count). The minimum absolute atomic E-state index is 0.00942. The van der Waals surface area contributed by atoms with Crippen LogP contribution < -0.4 is 0 Å². The minimum atomic E-state index is -1.99. The summed E-state index contributed by atoms with van der Waals surface area (Å²) >= 11 is 0. The topological polar surface area (TPSA) is 78.9 Å². The normalized spacial score (nSPS) is 22.6. The number of esters is 3. The van der Waals surface area contributed by atoms with E-state index in [1.165, 1.54) is 6.92 Å². The van der Waals surface area contributed by atoms with Crippen LogP contribution in [0.4, 0.5) is 0 Å². The maximum absolute atomic E-state index is 11.9. The van der Waals surface area contributed by atoms with E-state index in [-0.39, 0.29) is 18.6 Å². The molecular formula is C12H16O6. The van der Waals surface area contributed by atoms with Crippen molar-refractivity contribution >= 4 is 17.9 Å². The third-order valence-corrected chi connectivity index (χ3v) is 2.30. The summed E-state index contributed by atoms with van der Waals surface area (Å²) in [4.78, 5) is 35.1. The van der Waals surface area contributed by atoms with Crippen molar-refractivity contribution in [3.8, 4) is 0 Å². The minimum Gasteiger partial charge on any atom is -0.462 e. The third-order valence-electron chi connectivity index (χ3n) is 2.30. The molecular weight excluding hydrogens is 240 g/mol. The summed E-state index contributed by atoms with van der Waals surface area (Å²) < 4.78 is 14.6. The second-order valence-corrected chi connectivity index (χ2v) is 4.34. The lowest BCUT2D eigenvalue weighted by atomic mass is 10.0. The first-order valence-electron chi connectivity index (χ1n) is 5.57. The van der Waals surface area contributed by atoms with E-state index in [0.29, 0.717) is 0 Å². The molecule has 18 heavy (non-hydrogen) atoms. The Balaban J connectivity index is 2.96. The average molecular weight is 256 g/mol. The molecule has 6 nitrogen and oxygen atoms in total. The van der Waals surface area contributed by atoms with Gasteiger partial charge in [0.1, 0.15) is 0 Å². The van der Waals surface area contributed by atoms with Gasteiger partial charge in [0, 0.05) is 12.0 Å². The first-order chi connectivity index (χ1) is 8.29. The second kappa shape index (κ2) is 5.20. The summed E-state index contributed by atoms with van der Waals surface area (Å²) in [6.45, 7) is 8.09. The highest BCUT2D eigenvalue weighted by Gasteiger charge is 2.57. The van der Waals surface area contributed by atoms with E-state index in [9.17, 15) is 14.4 Å². The highest BCUT2D eigenvalue weighted by atomic mass is 16.6. The maximum atomic E-state index is 11.9. The summed E-state index contributed by atoms with van der Waals surface area (Å²) in [5.74, 6) is -2.63. The number of ether oxygens (including phenoxy) is 3. The Hall–Kier alpha value is -1.85. The first-order valence-corrected chi connectivity index (χ1v) is 5.57. The molecule has 0 amide bonds. The van der Waals surface area contributed by atoms with E-state index in [0.717, 1.165) is 0 Å². The molecule has 0 spiro atoms. The smallest absolute Gasteiger partial charge is 0.363 e. The predicted octanol–water partition coefficient (Wildman–Crippen LogP) is 0.743. The quantitative estimate of drug-likeness (QED) is 0.319. The van der Waals surface area contributed by atoms with Gasteiger partial charge in [-0.1, -0.05) is 6.58 Å².